The SMILES string of the molecule is Cn1ncc(Cl)c1C(O)C1C2CCCCC21. The van der Waals surface area contributed by atoms with Crippen LogP contribution in [0.2, 0.25) is 5.02 Å². The highest BCUT2D eigenvalue weighted by Gasteiger charge is 2.55. The maximum Gasteiger partial charge on any atom is 0.100 e. The van der Waals surface area contributed by atoms with E-state index >= 15 is 0 Å². The van der Waals surface area contributed by atoms with Gasteiger partial charge in [-0.15, -0.1) is 0 Å². The monoisotopic (exact) mass is 240 g/mol. The summed E-state index contributed by atoms with van der Waals surface area (Å²) < 4.78 is 1.71. The van der Waals surface area contributed by atoms with Crippen LogP contribution >= 0.6 is 11.6 Å². The molecular weight excluding hydrogens is 224 g/mol. The normalized spacial score (nSPS) is 34.6. The summed E-state index contributed by atoms with van der Waals surface area (Å²) in [4.78, 5) is 0. The topological polar surface area (TPSA) is 38.0 Å². The van der Waals surface area contributed by atoms with E-state index < -0.39 is 6.10 Å². The number of halogens is 1. The molecule has 4 heteroatoms. The Morgan fingerprint density at radius 1 is 1.44 bits per heavy atom. The Bertz CT molecular complexity index is 372. The number of nitrogens with zero attached hydrogens (tertiary/aromatic N) is 2. The van der Waals surface area contributed by atoms with Crippen molar-refractivity contribution in [2.45, 2.75) is 31.8 Å². The van der Waals surface area contributed by atoms with E-state index in [1.807, 2.05) is 7.05 Å². The van der Waals surface area contributed by atoms with Crippen LogP contribution in [0.15, 0.2) is 6.20 Å². The molecule has 3 rings (SSSR count). The van der Waals surface area contributed by atoms with Gasteiger partial charge < -0.3 is 5.11 Å². The third-order valence-electron chi connectivity index (χ3n) is 4.31. The first-order valence-electron chi connectivity index (χ1n) is 6.05. The van der Waals surface area contributed by atoms with Crippen LogP contribution in [0.5, 0.6) is 0 Å². The molecule has 1 heterocycles. The number of aryl methyl sites for hydroxylation is 1. The van der Waals surface area contributed by atoms with Gasteiger partial charge in [-0.05, 0) is 30.6 Å². The van der Waals surface area contributed by atoms with Gasteiger partial charge in [0.1, 0.15) is 6.10 Å². The lowest BCUT2D eigenvalue weighted by atomic mass is 10.0. The van der Waals surface area contributed by atoms with Gasteiger partial charge in [-0.3, -0.25) is 4.68 Å². The van der Waals surface area contributed by atoms with Gasteiger partial charge in [0, 0.05) is 7.05 Å². The minimum atomic E-state index is -0.423. The summed E-state index contributed by atoms with van der Waals surface area (Å²) >= 11 is 6.07. The predicted molar refractivity (Wildman–Crippen MR) is 62.1 cm³/mol. The average molecular weight is 241 g/mol. The smallest absolute Gasteiger partial charge is 0.100 e. The maximum atomic E-state index is 10.4. The van der Waals surface area contributed by atoms with E-state index in [1.54, 1.807) is 10.9 Å². The first kappa shape index (κ1) is 10.6. The van der Waals surface area contributed by atoms with Crippen LogP contribution in [0, 0.1) is 17.8 Å². The lowest BCUT2D eigenvalue weighted by molar-refractivity contribution is 0.133. The molecule has 1 aromatic rings. The molecule has 1 N–H and O–H groups in total. The van der Waals surface area contributed by atoms with E-state index in [9.17, 15) is 5.11 Å². The van der Waals surface area contributed by atoms with Crippen LogP contribution in [0.1, 0.15) is 37.5 Å². The summed E-state index contributed by atoms with van der Waals surface area (Å²) in [6.45, 7) is 0. The molecule has 2 saturated carbocycles. The van der Waals surface area contributed by atoms with Gasteiger partial charge in [-0.2, -0.15) is 5.10 Å². The van der Waals surface area contributed by atoms with Gasteiger partial charge in [-0.25, -0.2) is 0 Å². The highest BCUT2D eigenvalue weighted by atomic mass is 35.5. The fourth-order valence-corrected chi connectivity index (χ4v) is 3.73. The lowest BCUT2D eigenvalue weighted by Crippen LogP contribution is -2.09. The lowest BCUT2D eigenvalue weighted by Gasteiger charge is -2.11. The Labute approximate surface area is 100 Å². The van der Waals surface area contributed by atoms with Gasteiger partial charge in [-0.1, -0.05) is 24.4 Å². The van der Waals surface area contributed by atoms with Gasteiger partial charge in [0.25, 0.3) is 0 Å². The molecule has 2 fully saturated rings. The molecule has 0 bridgehead atoms. The number of rotatable bonds is 2. The third kappa shape index (κ3) is 1.49. The quantitative estimate of drug-likeness (QED) is 0.863. The van der Waals surface area contributed by atoms with Crippen LogP contribution < -0.4 is 0 Å². The molecule has 1 aromatic heterocycles. The molecule has 0 saturated heterocycles. The van der Waals surface area contributed by atoms with Crippen molar-refractivity contribution >= 4 is 11.6 Å². The molecule has 16 heavy (non-hydrogen) atoms. The molecule has 0 aromatic carbocycles. The maximum absolute atomic E-state index is 10.4. The summed E-state index contributed by atoms with van der Waals surface area (Å²) in [6, 6.07) is 0. The van der Waals surface area contributed by atoms with Crippen molar-refractivity contribution in [3.63, 3.8) is 0 Å². The molecule has 3 nitrogen and oxygen atoms in total. The van der Waals surface area contributed by atoms with Crippen LogP contribution in [-0.2, 0) is 7.05 Å². The number of hydrogen-bond donors (Lipinski definition) is 1. The van der Waals surface area contributed by atoms with Crippen molar-refractivity contribution in [1.29, 1.82) is 0 Å². The van der Waals surface area contributed by atoms with E-state index in [2.05, 4.69) is 5.10 Å². The van der Waals surface area contributed by atoms with Gasteiger partial charge in [0.15, 0.2) is 0 Å². The molecule has 0 amide bonds. The number of fused-ring (bicyclic) bond motifs is 1. The standard InChI is InChI=1S/C12H17ClN2O/c1-15-11(9(13)6-14-15)12(16)10-7-4-2-3-5-8(7)10/h6-8,10,12,16H,2-5H2,1H3. The molecular formula is C12H17ClN2O. The highest BCUT2D eigenvalue weighted by molar-refractivity contribution is 6.31. The average Bonchev–Trinajstić information content (AvgIpc) is 2.91. The van der Waals surface area contributed by atoms with Crippen LogP contribution in [-0.4, -0.2) is 14.9 Å². The first-order chi connectivity index (χ1) is 7.70. The second kappa shape index (κ2) is 3.74. The Morgan fingerprint density at radius 2 is 2.06 bits per heavy atom. The second-order valence-corrected chi connectivity index (χ2v) is 5.54. The summed E-state index contributed by atoms with van der Waals surface area (Å²) in [5, 5.41) is 15.1. The zero-order valence-electron chi connectivity index (χ0n) is 9.43. The zero-order valence-corrected chi connectivity index (χ0v) is 10.2. The fourth-order valence-electron chi connectivity index (χ4n) is 3.45. The molecule has 2 aliphatic rings. The third-order valence-corrected chi connectivity index (χ3v) is 4.60. The van der Waals surface area contributed by atoms with Crippen molar-refractivity contribution in [3.8, 4) is 0 Å². The summed E-state index contributed by atoms with van der Waals surface area (Å²) in [6.07, 6.45) is 6.40. The van der Waals surface area contributed by atoms with E-state index in [4.69, 9.17) is 11.6 Å². The highest BCUT2D eigenvalue weighted by Crippen LogP contribution is 2.60. The molecule has 3 atom stereocenters. The Balaban J connectivity index is 1.81. The summed E-state index contributed by atoms with van der Waals surface area (Å²) in [7, 11) is 1.84. The first-order valence-corrected chi connectivity index (χ1v) is 6.43. The van der Waals surface area contributed by atoms with Crippen molar-refractivity contribution in [2.75, 3.05) is 0 Å². The van der Waals surface area contributed by atoms with E-state index in [1.165, 1.54) is 25.7 Å². The Kier molecular flexibility index (Phi) is 2.48. The number of aromatic nitrogens is 2. The van der Waals surface area contributed by atoms with Crippen molar-refractivity contribution in [1.82, 2.24) is 9.78 Å². The van der Waals surface area contributed by atoms with E-state index in [0.29, 0.717) is 10.9 Å². The van der Waals surface area contributed by atoms with Crippen molar-refractivity contribution in [3.05, 3.63) is 16.9 Å². The largest absolute Gasteiger partial charge is 0.386 e. The minimum Gasteiger partial charge on any atom is -0.386 e. The molecule has 0 radical (unpaired) electrons. The molecule has 2 aliphatic carbocycles. The molecule has 88 valence electrons. The van der Waals surface area contributed by atoms with Gasteiger partial charge in [0.05, 0.1) is 16.9 Å². The van der Waals surface area contributed by atoms with Gasteiger partial charge in [0.2, 0.25) is 0 Å². The summed E-state index contributed by atoms with van der Waals surface area (Å²) in [5.74, 6) is 1.89. The van der Waals surface area contributed by atoms with Crippen molar-refractivity contribution in [2.24, 2.45) is 24.8 Å². The fraction of sp³-hybridized carbons (Fsp3) is 0.750. The molecule has 3 unspecified atom stereocenters. The Hall–Kier alpha value is -0.540. The predicted octanol–water partition coefficient (Wildman–Crippen LogP) is 2.54. The molecule has 0 spiro atoms. The minimum absolute atomic E-state index is 0.423. The van der Waals surface area contributed by atoms with Gasteiger partial charge >= 0.3 is 0 Å². The van der Waals surface area contributed by atoms with E-state index in [0.717, 1.165) is 17.5 Å². The zero-order chi connectivity index (χ0) is 11.3. The number of aliphatic hydroxyl groups is 1. The van der Waals surface area contributed by atoms with Crippen molar-refractivity contribution < 1.29 is 5.11 Å². The van der Waals surface area contributed by atoms with Crippen LogP contribution in [0.4, 0.5) is 0 Å². The van der Waals surface area contributed by atoms with Crippen LogP contribution in [0.3, 0.4) is 0 Å². The Morgan fingerprint density at radius 3 is 2.56 bits per heavy atom. The summed E-state index contributed by atoms with van der Waals surface area (Å²) in [5.41, 5.74) is 0.793. The second-order valence-electron chi connectivity index (χ2n) is 5.14. The molecule has 0 aliphatic heterocycles. The number of aliphatic hydroxyl groups excluding tert-OH is 1. The van der Waals surface area contributed by atoms with Crippen LogP contribution in [0.25, 0.3) is 0 Å². The van der Waals surface area contributed by atoms with E-state index in [-0.39, 0.29) is 0 Å². The number of hydrogen-bond acceptors (Lipinski definition) is 2.